The Balaban J connectivity index is 1.48. The second-order valence-corrected chi connectivity index (χ2v) is 9.03. The average molecular weight is 442 g/mol. The van der Waals surface area contributed by atoms with Gasteiger partial charge in [-0.3, -0.25) is 0 Å². The molecular weight excluding hydrogens is 419 g/mol. The molecule has 28 heavy (non-hydrogen) atoms. The van der Waals surface area contributed by atoms with Crippen LogP contribution >= 0.6 is 35.0 Å². The molecule has 0 unspecified atom stereocenters. The minimum atomic E-state index is -1.11. The predicted octanol–water partition coefficient (Wildman–Crippen LogP) is 3.97. The molecule has 9 heteroatoms. The number of halogens is 2. The Kier molecular flexibility index (Phi) is 5.28. The summed E-state index contributed by atoms with van der Waals surface area (Å²) in [4.78, 5) is 11.4. The van der Waals surface area contributed by atoms with Crippen LogP contribution in [0.2, 0.25) is 10.0 Å². The van der Waals surface area contributed by atoms with E-state index in [1.807, 2.05) is 17.9 Å². The number of benzene rings is 1. The van der Waals surface area contributed by atoms with Crippen LogP contribution in [0, 0.1) is 5.41 Å². The Hall–Kier alpha value is -1.25. The molecule has 2 fully saturated rings. The SMILES string of the molecule is [2H][C@@]1(N)[C@H](C)OCC12CCN(c1ncc(Sc3cccc(Cl)c3Cl)nc1O)CC2. The maximum absolute atomic E-state index is 10.5. The van der Waals surface area contributed by atoms with Crippen LogP contribution in [0.1, 0.15) is 21.1 Å². The molecule has 1 aromatic heterocycles. The summed E-state index contributed by atoms with van der Waals surface area (Å²) in [5, 5.41) is 11.9. The van der Waals surface area contributed by atoms with Gasteiger partial charge in [-0.25, -0.2) is 9.97 Å². The first-order chi connectivity index (χ1) is 13.7. The third-order valence-corrected chi connectivity index (χ3v) is 7.42. The van der Waals surface area contributed by atoms with Crippen molar-refractivity contribution in [2.24, 2.45) is 11.1 Å². The van der Waals surface area contributed by atoms with Crippen LogP contribution in [-0.4, -0.2) is 46.9 Å². The molecule has 4 rings (SSSR count). The zero-order chi connectivity index (χ0) is 20.8. The zero-order valence-electron chi connectivity index (χ0n) is 16.4. The quantitative estimate of drug-likeness (QED) is 0.744. The monoisotopic (exact) mass is 441 g/mol. The second kappa shape index (κ2) is 7.88. The van der Waals surface area contributed by atoms with E-state index in [2.05, 4.69) is 9.97 Å². The fourth-order valence-electron chi connectivity index (χ4n) is 3.77. The molecule has 2 atom stereocenters. The zero-order valence-corrected chi connectivity index (χ0v) is 17.7. The molecule has 1 aromatic carbocycles. The van der Waals surface area contributed by atoms with Crippen LogP contribution in [0.5, 0.6) is 5.88 Å². The van der Waals surface area contributed by atoms with E-state index in [0.717, 1.165) is 4.90 Å². The summed E-state index contributed by atoms with van der Waals surface area (Å²) in [7, 11) is 0. The Bertz CT molecular complexity index is 925. The van der Waals surface area contributed by atoms with Gasteiger partial charge >= 0.3 is 0 Å². The molecule has 2 aromatic rings. The summed E-state index contributed by atoms with van der Waals surface area (Å²) >= 11 is 13.6. The Labute approximate surface area is 179 Å². The minimum absolute atomic E-state index is 0.134. The Morgan fingerprint density at radius 1 is 1.39 bits per heavy atom. The van der Waals surface area contributed by atoms with Gasteiger partial charge in [0.05, 0.1) is 29.0 Å². The number of anilines is 1. The molecule has 150 valence electrons. The van der Waals surface area contributed by atoms with Crippen LogP contribution in [0.15, 0.2) is 34.3 Å². The average Bonchev–Trinajstić information content (AvgIpc) is 2.90. The molecule has 2 aliphatic heterocycles. The number of nitrogens with two attached hydrogens (primary N) is 1. The summed E-state index contributed by atoms with van der Waals surface area (Å²) in [6, 6.07) is 4.25. The topological polar surface area (TPSA) is 84.5 Å². The third-order valence-electron chi connectivity index (χ3n) is 5.52. The molecule has 0 saturated carbocycles. The Morgan fingerprint density at radius 3 is 2.79 bits per heavy atom. The van der Waals surface area contributed by atoms with E-state index in [-0.39, 0.29) is 17.4 Å². The molecule has 2 saturated heterocycles. The molecule has 0 aliphatic carbocycles. The van der Waals surface area contributed by atoms with Crippen molar-refractivity contribution in [3.63, 3.8) is 0 Å². The summed E-state index contributed by atoms with van der Waals surface area (Å²) in [5.74, 6) is 0.297. The van der Waals surface area contributed by atoms with Crippen LogP contribution in [0.3, 0.4) is 0 Å². The molecule has 0 amide bonds. The lowest BCUT2D eigenvalue weighted by Gasteiger charge is -2.41. The lowest BCUT2D eigenvalue weighted by Crippen LogP contribution is -2.50. The first-order valence-electron chi connectivity index (χ1n) is 9.57. The highest BCUT2D eigenvalue weighted by Gasteiger charge is 2.47. The van der Waals surface area contributed by atoms with Crippen molar-refractivity contribution in [3.05, 3.63) is 34.4 Å². The normalized spacial score (nSPS) is 27.2. The number of hydrogen-bond donors (Lipinski definition) is 2. The largest absolute Gasteiger partial charge is 0.491 e. The molecule has 3 N–H and O–H groups in total. The van der Waals surface area contributed by atoms with E-state index < -0.39 is 6.02 Å². The maximum atomic E-state index is 10.5. The molecule has 2 aliphatic rings. The van der Waals surface area contributed by atoms with Gasteiger partial charge in [0.15, 0.2) is 5.82 Å². The standard InChI is InChI=1S/C19H22Cl2N4O2S/c1-11-16(22)19(10-27-11)5-7-25(8-6-19)17-18(26)24-14(9-23-17)28-13-4-2-3-12(20)15(13)21/h2-4,9,11,16H,5-8,10,22H2,1H3,(H,24,26)/t11-,16+/m0/s1/i16D. The molecule has 0 radical (unpaired) electrons. The predicted molar refractivity (Wildman–Crippen MR) is 112 cm³/mol. The van der Waals surface area contributed by atoms with Crippen molar-refractivity contribution in [1.82, 2.24) is 9.97 Å². The molecule has 0 bridgehead atoms. The van der Waals surface area contributed by atoms with Gasteiger partial charge < -0.3 is 20.5 Å². The maximum Gasteiger partial charge on any atom is 0.256 e. The first kappa shape index (κ1) is 18.8. The van der Waals surface area contributed by atoms with Crippen LogP contribution < -0.4 is 10.6 Å². The van der Waals surface area contributed by atoms with Crippen molar-refractivity contribution in [3.8, 4) is 5.88 Å². The van der Waals surface area contributed by atoms with Gasteiger partial charge in [-0.1, -0.05) is 41.0 Å². The third kappa shape index (κ3) is 3.66. The fourth-order valence-corrected chi connectivity index (χ4v) is 5.05. The fraction of sp³-hybridized carbons (Fsp3) is 0.474. The summed E-state index contributed by atoms with van der Waals surface area (Å²) < 4.78 is 14.2. The lowest BCUT2D eigenvalue weighted by molar-refractivity contribution is 0.0973. The number of aromatic nitrogens is 2. The van der Waals surface area contributed by atoms with Crippen molar-refractivity contribution >= 4 is 40.8 Å². The molecule has 6 nitrogen and oxygen atoms in total. The highest BCUT2D eigenvalue weighted by atomic mass is 35.5. The van der Waals surface area contributed by atoms with Gasteiger partial charge in [0.1, 0.15) is 5.03 Å². The van der Waals surface area contributed by atoms with Gasteiger partial charge in [0, 0.05) is 30.8 Å². The minimum Gasteiger partial charge on any atom is -0.491 e. The van der Waals surface area contributed by atoms with Crippen molar-refractivity contribution in [2.45, 2.75) is 41.8 Å². The van der Waals surface area contributed by atoms with E-state index in [4.69, 9.17) is 35.0 Å². The van der Waals surface area contributed by atoms with E-state index in [0.29, 0.717) is 53.4 Å². The second-order valence-electron chi connectivity index (χ2n) is 7.19. The smallest absolute Gasteiger partial charge is 0.256 e. The number of rotatable bonds is 3. The van der Waals surface area contributed by atoms with Crippen LogP contribution in [-0.2, 0) is 4.74 Å². The van der Waals surface area contributed by atoms with E-state index in [1.165, 1.54) is 11.8 Å². The summed E-state index contributed by atoms with van der Waals surface area (Å²) in [6.45, 7) is 3.61. The van der Waals surface area contributed by atoms with Crippen molar-refractivity contribution in [2.75, 3.05) is 24.6 Å². The number of aromatic hydroxyl groups is 1. The van der Waals surface area contributed by atoms with Crippen molar-refractivity contribution < 1.29 is 11.2 Å². The molecule has 1 spiro atoms. The van der Waals surface area contributed by atoms with Gasteiger partial charge in [0.2, 0.25) is 0 Å². The summed E-state index contributed by atoms with van der Waals surface area (Å²) in [5.41, 5.74) is 5.91. The van der Waals surface area contributed by atoms with Gasteiger partial charge in [-0.05, 0) is 31.9 Å². The van der Waals surface area contributed by atoms with Crippen LogP contribution in [0.4, 0.5) is 5.82 Å². The van der Waals surface area contributed by atoms with Crippen LogP contribution in [0.25, 0.3) is 0 Å². The summed E-state index contributed by atoms with van der Waals surface area (Å²) in [6.07, 6.45) is 2.72. The Morgan fingerprint density at radius 2 is 2.14 bits per heavy atom. The van der Waals surface area contributed by atoms with E-state index >= 15 is 0 Å². The first-order valence-corrected chi connectivity index (χ1v) is 10.6. The molecular formula is C19H22Cl2N4O2S. The molecule has 3 heterocycles. The van der Waals surface area contributed by atoms with Crippen molar-refractivity contribution in [1.29, 1.82) is 0 Å². The highest BCUT2D eigenvalue weighted by Crippen LogP contribution is 2.43. The highest BCUT2D eigenvalue weighted by molar-refractivity contribution is 7.99. The number of hydrogen-bond acceptors (Lipinski definition) is 7. The van der Waals surface area contributed by atoms with Gasteiger partial charge in [-0.2, -0.15) is 0 Å². The number of nitrogens with zero attached hydrogens (tertiary/aromatic N) is 3. The van der Waals surface area contributed by atoms with E-state index in [1.54, 1.807) is 18.3 Å². The van der Waals surface area contributed by atoms with Gasteiger partial charge in [-0.15, -0.1) is 0 Å². The van der Waals surface area contributed by atoms with Gasteiger partial charge in [0.25, 0.3) is 5.88 Å². The number of piperidine rings is 1. The lowest BCUT2D eigenvalue weighted by atomic mass is 9.73. The van der Waals surface area contributed by atoms with E-state index in [9.17, 15) is 5.11 Å². The number of ether oxygens (including phenoxy) is 1.